The summed E-state index contributed by atoms with van der Waals surface area (Å²) in [5.41, 5.74) is 0. The van der Waals surface area contributed by atoms with Gasteiger partial charge in [-0.05, 0) is 83.5 Å². The predicted octanol–water partition coefficient (Wildman–Crippen LogP) is 11.1. The summed E-state index contributed by atoms with van der Waals surface area (Å²) in [5, 5.41) is 0. The summed E-state index contributed by atoms with van der Waals surface area (Å²) in [6.07, 6.45) is 48.5. The maximum Gasteiger partial charge on any atom is 0.469 e. The number of phosphoric ester groups is 1. The lowest BCUT2D eigenvalue weighted by molar-refractivity contribution is -0.161. The number of carbonyl (C=O) groups excluding carboxylic acids is 2. The molecular formula is C41H65O8P. The number of hydrogen-bond acceptors (Lipinski definition) is 6. The third-order valence-electron chi connectivity index (χ3n) is 7.10. The molecule has 0 spiro atoms. The van der Waals surface area contributed by atoms with E-state index in [1.807, 2.05) is 12.2 Å². The van der Waals surface area contributed by atoms with Crippen LogP contribution in [0.15, 0.2) is 97.2 Å². The second kappa shape index (κ2) is 35.8. The minimum absolute atomic E-state index is 0.123. The van der Waals surface area contributed by atoms with Gasteiger partial charge in [-0.2, -0.15) is 0 Å². The fourth-order valence-corrected chi connectivity index (χ4v) is 4.78. The van der Waals surface area contributed by atoms with Crippen LogP contribution in [0.1, 0.15) is 129 Å². The Labute approximate surface area is 303 Å². The highest BCUT2D eigenvalue weighted by Gasteiger charge is 2.22. The highest BCUT2D eigenvalue weighted by atomic mass is 31.2. The zero-order valence-corrected chi connectivity index (χ0v) is 31.6. The summed E-state index contributed by atoms with van der Waals surface area (Å²) in [6, 6.07) is 0. The van der Waals surface area contributed by atoms with E-state index in [1.165, 1.54) is 0 Å². The Kier molecular flexibility index (Phi) is 33.6. The van der Waals surface area contributed by atoms with Crippen molar-refractivity contribution in [3.05, 3.63) is 97.2 Å². The molecule has 0 aromatic carbocycles. The molecule has 0 amide bonds. The van der Waals surface area contributed by atoms with Crippen LogP contribution in [0, 0.1) is 0 Å². The van der Waals surface area contributed by atoms with E-state index < -0.39 is 32.5 Å². The van der Waals surface area contributed by atoms with Gasteiger partial charge >= 0.3 is 19.8 Å². The standard InChI is InChI=1S/C41H65O8P/c1-3-5-7-9-11-13-15-17-19-20-22-24-26-28-30-32-34-36-41(43)49-39(38-48-50(44,45)46)37-47-40(42)35-33-31-29-27-25-23-21-18-16-14-12-10-8-6-4-2/h5-8,11-14,17-19,21-22,24,28,30,39H,3-4,9-10,15-16,20,23,25-27,29,31-38H2,1-2H3,(H2,44,45,46)/b7-5-,8-6-,13-11-,14-12-,19-17-,21-18-,24-22-,30-28-/t39-/m1/s1. The second-order valence-corrected chi connectivity index (χ2v) is 13.0. The first-order valence-corrected chi connectivity index (χ1v) is 20.1. The van der Waals surface area contributed by atoms with Crippen molar-refractivity contribution < 1.29 is 37.9 Å². The molecular weight excluding hydrogens is 651 g/mol. The van der Waals surface area contributed by atoms with Gasteiger partial charge < -0.3 is 19.3 Å². The van der Waals surface area contributed by atoms with Crippen molar-refractivity contribution >= 4 is 19.8 Å². The zero-order valence-electron chi connectivity index (χ0n) is 30.7. The van der Waals surface area contributed by atoms with Gasteiger partial charge in [-0.3, -0.25) is 14.1 Å². The van der Waals surface area contributed by atoms with Gasteiger partial charge in [-0.15, -0.1) is 0 Å². The Morgan fingerprint density at radius 2 is 0.920 bits per heavy atom. The molecule has 0 saturated carbocycles. The molecule has 0 unspecified atom stereocenters. The van der Waals surface area contributed by atoms with Gasteiger partial charge in [0, 0.05) is 12.8 Å². The third kappa shape index (κ3) is 37.8. The molecule has 0 aliphatic rings. The van der Waals surface area contributed by atoms with Crippen LogP contribution in [0.5, 0.6) is 0 Å². The number of esters is 2. The molecule has 0 radical (unpaired) electrons. The molecule has 0 heterocycles. The smallest absolute Gasteiger partial charge is 0.462 e. The van der Waals surface area contributed by atoms with Crippen molar-refractivity contribution in [2.75, 3.05) is 13.2 Å². The van der Waals surface area contributed by atoms with Crippen LogP contribution >= 0.6 is 7.82 Å². The van der Waals surface area contributed by atoms with Gasteiger partial charge in [0.15, 0.2) is 6.10 Å². The molecule has 0 saturated heterocycles. The average Bonchev–Trinajstić information content (AvgIpc) is 3.08. The summed E-state index contributed by atoms with van der Waals surface area (Å²) in [7, 11) is -4.78. The number of carbonyl (C=O) groups is 2. The van der Waals surface area contributed by atoms with Crippen LogP contribution in [0.3, 0.4) is 0 Å². The van der Waals surface area contributed by atoms with Gasteiger partial charge in [-0.25, -0.2) is 4.57 Å². The maximum absolute atomic E-state index is 12.3. The maximum atomic E-state index is 12.3. The average molecular weight is 717 g/mol. The van der Waals surface area contributed by atoms with E-state index in [2.05, 4.69) is 103 Å². The van der Waals surface area contributed by atoms with Crippen molar-refractivity contribution in [2.24, 2.45) is 0 Å². The first-order valence-electron chi connectivity index (χ1n) is 18.5. The van der Waals surface area contributed by atoms with E-state index >= 15 is 0 Å². The van der Waals surface area contributed by atoms with Gasteiger partial charge in [0.1, 0.15) is 6.61 Å². The summed E-state index contributed by atoms with van der Waals surface area (Å²) in [6.45, 7) is 3.37. The SMILES string of the molecule is CC/C=C\C/C=C\C/C=C\C/C=C\C/C=C\CCCC(=O)O[C@H](COC(=O)CCCCCCC/C=C\C/C=C\C/C=C\CC)COP(=O)(O)O. The third-order valence-corrected chi connectivity index (χ3v) is 7.58. The molecule has 282 valence electrons. The second-order valence-electron chi connectivity index (χ2n) is 11.8. The molecule has 0 aromatic heterocycles. The minimum Gasteiger partial charge on any atom is -0.462 e. The molecule has 0 fully saturated rings. The lowest BCUT2D eigenvalue weighted by Crippen LogP contribution is -2.29. The molecule has 0 rings (SSSR count). The summed E-state index contributed by atoms with van der Waals surface area (Å²) < 4.78 is 26.2. The van der Waals surface area contributed by atoms with Crippen molar-refractivity contribution in [3.8, 4) is 0 Å². The molecule has 1 atom stereocenters. The topological polar surface area (TPSA) is 119 Å². The largest absolute Gasteiger partial charge is 0.469 e. The van der Waals surface area contributed by atoms with Crippen molar-refractivity contribution in [3.63, 3.8) is 0 Å². The molecule has 0 aliphatic heterocycles. The van der Waals surface area contributed by atoms with Gasteiger partial charge in [0.05, 0.1) is 6.61 Å². The highest BCUT2D eigenvalue weighted by molar-refractivity contribution is 7.46. The molecule has 0 bridgehead atoms. The lowest BCUT2D eigenvalue weighted by Gasteiger charge is -2.18. The van der Waals surface area contributed by atoms with E-state index in [-0.39, 0.29) is 19.4 Å². The molecule has 0 aromatic rings. The minimum atomic E-state index is -4.78. The van der Waals surface area contributed by atoms with Gasteiger partial charge in [-0.1, -0.05) is 130 Å². The van der Waals surface area contributed by atoms with E-state index in [1.54, 1.807) is 0 Å². The van der Waals surface area contributed by atoms with Crippen LogP contribution in [-0.4, -0.2) is 41.0 Å². The number of phosphoric acid groups is 1. The normalized spacial score (nSPS) is 13.6. The Morgan fingerprint density at radius 3 is 1.40 bits per heavy atom. The fourth-order valence-electron chi connectivity index (χ4n) is 4.42. The van der Waals surface area contributed by atoms with E-state index in [0.29, 0.717) is 19.3 Å². The number of rotatable bonds is 32. The van der Waals surface area contributed by atoms with Crippen LogP contribution in [0.2, 0.25) is 0 Å². The first-order chi connectivity index (χ1) is 24.3. The zero-order chi connectivity index (χ0) is 36.8. The summed E-state index contributed by atoms with van der Waals surface area (Å²) in [4.78, 5) is 42.7. The molecule has 9 heteroatoms. The number of allylic oxidation sites excluding steroid dienone is 16. The Bertz CT molecular complexity index is 1120. The summed E-state index contributed by atoms with van der Waals surface area (Å²) in [5.74, 6) is -0.986. The molecule has 8 nitrogen and oxygen atoms in total. The van der Waals surface area contributed by atoms with Crippen LogP contribution in [0.4, 0.5) is 0 Å². The lowest BCUT2D eigenvalue weighted by atomic mass is 10.1. The Hall–Kier alpha value is -3.03. The summed E-state index contributed by atoms with van der Waals surface area (Å²) >= 11 is 0. The van der Waals surface area contributed by atoms with E-state index in [4.69, 9.17) is 19.3 Å². The highest BCUT2D eigenvalue weighted by Crippen LogP contribution is 2.35. The number of ether oxygens (including phenoxy) is 2. The van der Waals surface area contributed by atoms with Crippen LogP contribution < -0.4 is 0 Å². The number of unbranched alkanes of at least 4 members (excludes halogenated alkanes) is 6. The van der Waals surface area contributed by atoms with E-state index in [9.17, 15) is 14.2 Å². The molecule has 50 heavy (non-hydrogen) atoms. The Balaban J connectivity index is 4.14. The monoisotopic (exact) mass is 716 g/mol. The number of hydrogen-bond donors (Lipinski definition) is 2. The van der Waals surface area contributed by atoms with Crippen LogP contribution in [-0.2, 0) is 28.2 Å². The first kappa shape index (κ1) is 47.0. The Morgan fingerprint density at radius 1 is 0.520 bits per heavy atom. The predicted molar refractivity (Wildman–Crippen MR) is 206 cm³/mol. The van der Waals surface area contributed by atoms with E-state index in [0.717, 1.165) is 83.5 Å². The van der Waals surface area contributed by atoms with Crippen molar-refractivity contribution in [1.29, 1.82) is 0 Å². The fraction of sp³-hybridized carbons (Fsp3) is 0.561. The van der Waals surface area contributed by atoms with Gasteiger partial charge in [0.2, 0.25) is 0 Å². The van der Waals surface area contributed by atoms with Crippen LogP contribution in [0.25, 0.3) is 0 Å². The molecule has 0 aliphatic carbocycles. The molecule has 2 N–H and O–H groups in total. The van der Waals surface area contributed by atoms with Crippen molar-refractivity contribution in [1.82, 2.24) is 0 Å². The quantitative estimate of drug-likeness (QED) is 0.0305. The van der Waals surface area contributed by atoms with Crippen molar-refractivity contribution in [2.45, 2.75) is 136 Å². The van der Waals surface area contributed by atoms with Gasteiger partial charge in [0.25, 0.3) is 0 Å².